The summed E-state index contributed by atoms with van der Waals surface area (Å²) in [5.41, 5.74) is 3.66. The van der Waals surface area contributed by atoms with E-state index >= 15 is 0 Å². The van der Waals surface area contributed by atoms with E-state index in [1.165, 1.54) is 32.1 Å². The standard InChI is InChI=1S/C21H32N6/c1-5-21(10-6-7-11-21)15-25-20(22-4)24-14-18-8-9-19(23-13-18)27-17(3)12-16(2)26-27/h8-9,12-13H,5-7,10-11,14-15H2,1-4H3,(H2,22,24,25). The SMILES string of the molecule is CCC1(CNC(=NC)NCc2ccc(-n3nc(C)cc3C)nc2)CCCC1. The predicted molar refractivity (Wildman–Crippen MR) is 110 cm³/mol. The van der Waals surface area contributed by atoms with Crippen LogP contribution in [0.1, 0.15) is 56.0 Å². The Kier molecular flexibility index (Phi) is 6.14. The number of hydrogen-bond donors (Lipinski definition) is 2. The highest BCUT2D eigenvalue weighted by Crippen LogP contribution is 2.40. The number of hydrogen-bond acceptors (Lipinski definition) is 3. The van der Waals surface area contributed by atoms with Crippen LogP contribution >= 0.6 is 0 Å². The van der Waals surface area contributed by atoms with Gasteiger partial charge in [-0.05, 0) is 56.2 Å². The molecule has 0 amide bonds. The topological polar surface area (TPSA) is 67.1 Å². The maximum Gasteiger partial charge on any atom is 0.191 e. The van der Waals surface area contributed by atoms with Crippen molar-refractivity contribution in [2.45, 2.75) is 59.4 Å². The summed E-state index contributed by atoms with van der Waals surface area (Å²) in [5, 5.41) is 11.4. The van der Waals surface area contributed by atoms with Crippen LogP contribution < -0.4 is 10.6 Å². The minimum atomic E-state index is 0.445. The molecule has 6 nitrogen and oxygen atoms in total. The molecule has 2 heterocycles. The molecule has 0 bridgehead atoms. The molecule has 0 aliphatic heterocycles. The summed E-state index contributed by atoms with van der Waals surface area (Å²) in [4.78, 5) is 8.93. The van der Waals surface area contributed by atoms with Gasteiger partial charge in [-0.15, -0.1) is 0 Å². The highest BCUT2D eigenvalue weighted by atomic mass is 15.3. The smallest absolute Gasteiger partial charge is 0.191 e. The van der Waals surface area contributed by atoms with Gasteiger partial charge < -0.3 is 10.6 Å². The van der Waals surface area contributed by atoms with Crippen molar-refractivity contribution in [3.8, 4) is 5.82 Å². The quantitative estimate of drug-likeness (QED) is 0.605. The van der Waals surface area contributed by atoms with Crippen LogP contribution in [0.3, 0.4) is 0 Å². The van der Waals surface area contributed by atoms with Gasteiger partial charge in [-0.2, -0.15) is 5.10 Å². The number of aliphatic imine (C=N–C) groups is 1. The molecule has 27 heavy (non-hydrogen) atoms. The third kappa shape index (κ3) is 4.67. The van der Waals surface area contributed by atoms with Gasteiger partial charge in [-0.1, -0.05) is 25.8 Å². The Labute approximate surface area is 162 Å². The van der Waals surface area contributed by atoms with E-state index in [0.717, 1.165) is 35.3 Å². The fraction of sp³-hybridized carbons (Fsp3) is 0.571. The molecule has 2 aromatic heterocycles. The summed E-state index contributed by atoms with van der Waals surface area (Å²) in [7, 11) is 1.83. The molecule has 146 valence electrons. The zero-order valence-corrected chi connectivity index (χ0v) is 17.0. The molecule has 6 heteroatoms. The van der Waals surface area contributed by atoms with Gasteiger partial charge in [-0.3, -0.25) is 4.99 Å². The van der Waals surface area contributed by atoms with E-state index in [1.807, 2.05) is 37.8 Å². The first-order valence-electron chi connectivity index (χ1n) is 9.98. The molecule has 2 N–H and O–H groups in total. The lowest BCUT2D eigenvalue weighted by atomic mass is 9.83. The number of nitrogens with zero attached hydrogens (tertiary/aromatic N) is 4. The summed E-state index contributed by atoms with van der Waals surface area (Å²) in [6.45, 7) is 8.04. The van der Waals surface area contributed by atoms with Crippen molar-refractivity contribution in [1.82, 2.24) is 25.4 Å². The van der Waals surface area contributed by atoms with Gasteiger partial charge >= 0.3 is 0 Å². The summed E-state index contributed by atoms with van der Waals surface area (Å²) >= 11 is 0. The third-order valence-electron chi connectivity index (χ3n) is 5.76. The molecule has 1 aliphatic rings. The molecule has 0 unspecified atom stereocenters. The molecule has 1 aliphatic carbocycles. The lowest BCUT2D eigenvalue weighted by molar-refractivity contribution is 0.283. The van der Waals surface area contributed by atoms with Crippen molar-refractivity contribution in [2.24, 2.45) is 10.4 Å². The fourth-order valence-corrected chi connectivity index (χ4v) is 3.97. The number of aryl methyl sites for hydroxylation is 2. The minimum Gasteiger partial charge on any atom is -0.356 e. The van der Waals surface area contributed by atoms with E-state index in [9.17, 15) is 0 Å². The summed E-state index contributed by atoms with van der Waals surface area (Å²) < 4.78 is 1.87. The first-order valence-corrected chi connectivity index (χ1v) is 9.98. The lowest BCUT2D eigenvalue weighted by Crippen LogP contribution is -2.42. The van der Waals surface area contributed by atoms with E-state index in [0.29, 0.717) is 12.0 Å². The Balaban J connectivity index is 1.54. The van der Waals surface area contributed by atoms with Crippen LogP contribution in [0.2, 0.25) is 0 Å². The molecular formula is C21H32N6. The highest BCUT2D eigenvalue weighted by molar-refractivity contribution is 5.79. The van der Waals surface area contributed by atoms with Gasteiger partial charge in [0.1, 0.15) is 0 Å². The molecule has 0 radical (unpaired) electrons. The van der Waals surface area contributed by atoms with Gasteiger partial charge in [0, 0.05) is 32.0 Å². The van der Waals surface area contributed by atoms with E-state index < -0.39 is 0 Å². The maximum atomic E-state index is 4.56. The Morgan fingerprint density at radius 3 is 2.56 bits per heavy atom. The normalized spacial score (nSPS) is 16.5. The number of pyridine rings is 1. The van der Waals surface area contributed by atoms with Gasteiger partial charge in [0.25, 0.3) is 0 Å². The zero-order chi connectivity index (χ0) is 19.3. The average molecular weight is 369 g/mol. The van der Waals surface area contributed by atoms with E-state index in [2.05, 4.69) is 44.8 Å². The first-order chi connectivity index (χ1) is 13.0. The van der Waals surface area contributed by atoms with Gasteiger partial charge in [-0.25, -0.2) is 9.67 Å². The molecule has 1 fully saturated rings. The number of aromatic nitrogens is 3. The van der Waals surface area contributed by atoms with Gasteiger partial charge in [0.05, 0.1) is 5.69 Å². The van der Waals surface area contributed by atoms with E-state index in [-0.39, 0.29) is 0 Å². The second kappa shape index (κ2) is 8.55. The zero-order valence-electron chi connectivity index (χ0n) is 17.0. The van der Waals surface area contributed by atoms with Crippen molar-refractivity contribution < 1.29 is 0 Å². The van der Waals surface area contributed by atoms with Crippen LogP contribution in [-0.2, 0) is 6.54 Å². The van der Waals surface area contributed by atoms with Crippen LogP contribution in [0, 0.1) is 19.3 Å². The molecule has 1 saturated carbocycles. The second-order valence-electron chi connectivity index (χ2n) is 7.70. The summed E-state index contributed by atoms with van der Waals surface area (Å²) in [6, 6.07) is 6.15. The molecule has 0 aromatic carbocycles. The van der Waals surface area contributed by atoms with Crippen molar-refractivity contribution >= 4 is 5.96 Å². The predicted octanol–water partition coefficient (Wildman–Crippen LogP) is 3.52. The molecule has 0 saturated heterocycles. The Morgan fingerprint density at radius 1 is 1.22 bits per heavy atom. The van der Waals surface area contributed by atoms with Crippen molar-refractivity contribution in [3.05, 3.63) is 41.3 Å². The van der Waals surface area contributed by atoms with Crippen LogP contribution in [-0.4, -0.2) is 34.3 Å². The van der Waals surface area contributed by atoms with Crippen LogP contribution in [0.25, 0.3) is 5.82 Å². The van der Waals surface area contributed by atoms with Crippen LogP contribution in [0.5, 0.6) is 0 Å². The Bertz CT molecular complexity index is 768. The minimum absolute atomic E-state index is 0.445. The number of nitrogens with one attached hydrogen (secondary N) is 2. The fourth-order valence-electron chi connectivity index (χ4n) is 3.97. The largest absolute Gasteiger partial charge is 0.356 e. The average Bonchev–Trinajstić information content (AvgIpc) is 3.29. The van der Waals surface area contributed by atoms with Crippen LogP contribution in [0.4, 0.5) is 0 Å². The molecule has 0 spiro atoms. The van der Waals surface area contributed by atoms with E-state index in [1.54, 1.807) is 0 Å². The van der Waals surface area contributed by atoms with Crippen molar-refractivity contribution in [3.63, 3.8) is 0 Å². The molecule has 3 rings (SSSR count). The Morgan fingerprint density at radius 2 is 2.00 bits per heavy atom. The molecule has 2 aromatic rings. The maximum absolute atomic E-state index is 4.56. The Hall–Kier alpha value is -2.37. The lowest BCUT2D eigenvalue weighted by Gasteiger charge is -2.28. The highest BCUT2D eigenvalue weighted by Gasteiger charge is 2.31. The van der Waals surface area contributed by atoms with Crippen molar-refractivity contribution in [2.75, 3.05) is 13.6 Å². The monoisotopic (exact) mass is 368 g/mol. The van der Waals surface area contributed by atoms with E-state index in [4.69, 9.17) is 0 Å². The van der Waals surface area contributed by atoms with Gasteiger partial charge in [0.2, 0.25) is 0 Å². The third-order valence-corrected chi connectivity index (χ3v) is 5.76. The molecule has 0 atom stereocenters. The number of guanidine groups is 1. The van der Waals surface area contributed by atoms with Crippen molar-refractivity contribution in [1.29, 1.82) is 0 Å². The summed E-state index contributed by atoms with van der Waals surface area (Å²) in [6.07, 6.45) is 8.49. The van der Waals surface area contributed by atoms with Crippen LogP contribution in [0.15, 0.2) is 29.4 Å². The second-order valence-corrected chi connectivity index (χ2v) is 7.70. The summed E-state index contributed by atoms with van der Waals surface area (Å²) in [5.74, 6) is 1.70. The number of rotatable bonds is 6. The van der Waals surface area contributed by atoms with Gasteiger partial charge in [0.15, 0.2) is 11.8 Å². The first kappa shape index (κ1) is 19.4. The molecular weight excluding hydrogens is 336 g/mol.